The normalized spacial score (nSPS) is 17.1. The molecule has 0 radical (unpaired) electrons. The van der Waals surface area contributed by atoms with E-state index in [0.717, 1.165) is 36.3 Å². The highest BCUT2D eigenvalue weighted by molar-refractivity contribution is 5.70. The van der Waals surface area contributed by atoms with E-state index in [9.17, 15) is 0 Å². The van der Waals surface area contributed by atoms with E-state index in [-0.39, 0.29) is 12.7 Å². The van der Waals surface area contributed by atoms with E-state index < -0.39 is 0 Å². The monoisotopic (exact) mass is 322 g/mol. The molecule has 0 aliphatic carbocycles. The fourth-order valence-corrected chi connectivity index (χ4v) is 2.82. The van der Waals surface area contributed by atoms with Gasteiger partial charge in [0.2, 0.25) is 5.89 Å². The third kappa shape index (κ3) is 3.16. The highest BCUT2D eigenvalue weighted by Gasteiger charge is 2.23. The van der Waals surface area contributed by atoms with Crippen molar-refractivity contribution in [2.24, 2.45) is 0 Å². The van der Waals surface area contributed by atoms with Crippen molar-refractivity contribution in [3.8, 4) is 16.9 Å². The third-order valence-corrected chi connectivity index (χ3v) is 4.01. The maximum Gasteiger partial charge on any atom is 0.254 e. The molecule has 0 bridgehead atoms. The van der Waals surface area contributed by atoms with Gasteiger partial charge in [0.05, 0.1) is 0 Å². The molecule has 5 nitrogen and oxygen atoms in total. The van der Waals surface area contributed by atoms with Crippen molar-refractivity contribution in [3.63, 3.8) is 0 Å². The lowest BCUT2D eigenvalue weighted by Crippen LogP contribution is -1.97. The van der Waals surface area contributed by atoms with Crippen LogP contribution in [0.4, 0.5) is 0 Å². The summed E-state index contributed by atoms with van der Waals surface area (Å²) in [6.45, 7) is 0.993. The number of ether oxygens (including phenoxy) is 2. The second-order valence-electron chi connectivity index (χ2n) is 5.69. The van der Waals surface area contributed by atoms with Gasteiger partial charge < -0.3 is 13.9 Å². The average molecular weight is 322 g/mol. The number of hydrogen-bond donors (Lipinski definition) is 0. The van der Waals surface area contributed by atoms with Crippen molar-refractivity contribution in [1.82, 2.24) is 10.2 Å². The van der Waals surface area contributed by atoms with E-state index >= 15 is 0 Å². The molecule has 1 aromatic heterocycles. The number of benzene rings is 2. The Morgan fingerprint density at radius 3 is 2.67 bits per heavy atom. The van der Waals surface area contributed by atoms with Crippen LogP contribution in [-0.2, 0) is 11.3 Å². The van der Waals surface area contributed by atoms with Gasteiger partial charge in [-0.25, -0.2) is 0 Å². The van der Waals surface area contributed by atoms with Crippen LogP contribution in [0.1, 0.15) is 30.7 Å². The summed E-state index contributed by atoms with van der Waals surface area (Å²) in [5.74, 6) is 1.80. The minimum atomic E-state index is -0.0668. The molecule has 122 valence electrons. The Labute approximate surface area is 140 Å². The van der Waals surface area contributed by atoms with Gasteiger partial charge in [0.1, 0.15) is 11.9 Å². The first kappa shape index (κ1) is 14.9. The Kier molecular flexibility index (Phi) is 4.25. The lowest BCUT2D eigenvalue weighted by Gasteiger charge is -2.10. The lowest BCUT2D eigenvalue weighted by molar-refractivity contribution is 0.0867. The van der Waals surface area contributed by atoms with Crippen molar-refractivity contribution in [3.05, 3.63) is 66.4 Å². The zero-order valence-corrected chi connectivity index (χ0v) is 13.2. The van der Waals surface area contributed by atoms with E-state index in [2.05, 4.69) is 22.3 Å². The molecule has 0 spiro atoms. The maximum atomic E-state index is 5.92. The Morgan fingerprint density at radius 2 is 1.83 bits per heavy atom. The fourth-order valence-electron chi connectivity index (χ4n) is 2.82. The highest BCUT2D eigenvalue weighted by atomic mass is 16.5. The first-order valence-corrected chi connectivity index (χ1v) is 8.11. The quantitative estimate of drug-likeness (QED) is 0.705. The van der Waals surface area contributed by atoms with Gasteiger partial charge in [-0.2, -0.15) is 0 Å². The minimum Gasteiger partial charge on any atom is -0.483 e. The van der Waals surface area contributed by atoms with Gasteiger partial charge in [0.25, 0.3) is 5.89 Å². The first-order chi connectivity index (χ1) is 11.9. The number of rotatable bonds is 5. The van der Waals surface area contributed by atoms with E-state index in [1.54, 1.807) is 0 Å². The van der Waals surface area contributed by atoms with Crippen LogP contribution in [0.25, 0.3) is 11.1 Å². The van der Waals surface area contributed by atoms with Gasteiger partial charge in [-0.1, -0.05) is 48.5 Å². The molecule has 0 saturated carbocycles. The van der Waals surface area contributed by atoms with Gasteiger partial charge in [-0.05, 0) is 24.5 Å². The molecule has 1 atom stereocenters. The average Bonchev–Trinajstić information content (AvgIpc) is 3.32. The smallest absolute Gasteiger partial charge is 0.254 e. The summed E-state index contributed by atoms with van der Waals surface area (Å²) < 4.78 is 17.1. The Balaban J connectivity index is 1.48. The van der Waals surface area contributed by atoms with E-state index in [1.165, 1.54) is 0 Å². The van der Waals surface area contributed by atoms with Crippen LogP contribution in [0.2, 0.25) is 0 Å². The fraction of sp³-hybridized carbons (Fsp3) is 0.263. The molecule has 1 saturated heterocycles. The molecule has 1 unspecified atom stereocenters. The van der Waals surface area contributed by atoms with Gasteiger partial charge in [-0.3, -0.25) is 0 Å². The number of aromatic nitrogens is 2. The summed E-state index contributed by atoms with van der Waals surface area (Å²) in [6.07, 6.45) is 1.89. The molecular weight excluding hydrogens is 304 g/mol. The van der Waals surface area contributed by atoms with E-state index in [4.69, 9.17) is 13.9 Å². The number of para-hydroxylation sites is 1. The SMILES string of the molecule is c1ccc(-c2ccccc2OCc2nnc(C3CCCO3)o2)cc1. The van der Waals surface area contributed by atoms with Gasteiger partial charge >= 0.3 is 0 Å². The van der Waals surface area contributed by atoms with Crippen LogP contribution in [0.3, 0.4) is 0 Å². The summed E-state index contributed by atoms with van der Waals surface area (Å²) in [6, 6.07) is 18.1. The van der Waals surface area contributed by atoms with Crippen LogP contribution in [0, 0.1) is 0 Å². The molecule has 5 heteroatoms. The van der Waals surface area contributed by atoms with Crippen molar-refractivity contribution in [1.29, 1.82) is 0 Å². The zero-order chi connectivity index (χ0) is 16.2. The largest absolute Gasteiger partial charge is 0.483 e. The van der Waals surface area contributed by atoms with Gasteiger partial charge in [0.15, 0.2) is 6.61 Å². The molecule has 2 aromatic carbocycles. The topological polar surface area (TPSA) is 57.4 Å². The highest BCUT2D eigenvalue weighted by Crippen LogP contribution is 2.31. The predicted octanol–water partition coefficient (Wildman–Crippen LogP) is 4.17. The van der Waals surface area contributed by atoms with Crippen molar-refractivity contribution >= 4 is 0 Å². The van der Waals surface area contributed by atoms with Crippen molar-refractivity contribution < 1.29 is 13.9 Å². The van der Waals surface area contributed by atoms with Crippen LogP contribution in [0.5, 0.6) is 5.75 Å². The second-order valence-corrected chi connectivity index (χ2v) is 5.69. The van der Waals surface area contributed by atoms with Crippen LogP contribution in [0.15, 0.2) is 59.0 Å². The van der Waals surface area contributed by atoms with Crippen molar-refractivity contribution in [2.45, 2.75) is 25.6 Å². The third-order valence-electron chi connectivity index (χ3n) is 4.01. The molecule has 0 amide bonds. The van der Waals surface area contributed by atoms with Gasteiger partial charge in [0, 0.05) is 12.2 Å². The maximum absolute atomic E-state index is 5.92. The zero-order valence-electron chi connectivity index (χ0n) is 13.2. The van der Waals surface area contributed by atoms with Gasteiger partial charge in [-0.15, -0.1) is 10.2 Å². The molecular formula is C19H18N2O3. The summed E-state index contributed by atoms with van der Waals surface area (Å²) in [5, 5.41) is 8.13. The molecule has 2 heterocycles. The molecule has 4 rings (SSSR count). The summed E-state index contributed by atoms with van der Waals surface area (Å²) >= 11 is 0. The number of nitrogens with zero attached hydrogens (tertiary/aromatic N) is 2. The molecule has 1 aliphatic heterocycles. The van der Waals surface area contributed by atoms with Crippen LogP contribution in [-0.4, -0.2) is 16.8 Å². The minimum absolute atomic E-state index is 0.0668. The molecule has 0 N–H and O–H groups in total. The molecule has 1 fully saturated rings. The van der Waals surface area contributed by atoms with E-state index in [0.29, 0.717) is 11.8 Å². The number of hydrogen-bond acceptors (Lipinski definition) is 5. The van der Waals surface area contributed by atoms with E-state index in [1.807, 2.05) is 42.5 Å². The Bertz CT molecular complexity index is 795. The standard InChI is InChI=1S/C19H18N2O3/c1-2-7-14(8-3-1)15-9-4-5-10-16(15)23-13-18-20-21-19(24-18)17-11-6-12-22-17/h1-5,7-10,17H,6,11-13H2. The van der Waals surface area contributed by atoms with Crippen molar-refractivity contribution in [2.75, 3.05) is 6.61 Å². The van der Waals surface area contributed by atoms with Crippen LogP contribution < -0.4 is 4.74 Å². The summed E-state index contributed by atoms with van der Waals surface area (Å²) in [7, 11) is 0. The summed E-state index contributed by atoms with van der Waals surface area (Å²) in [5.41, 5.74) is 2.15. The Hall–Kier alpha value is -2.66. The van der Waals surface area contributed by atoms with Crippen LogP contribution >= 0.6 is 0 Å². The summed E-state index contributed by atoms with van der Waals surface area (Å²) in [4.78, 5) is 0. The lowest BCUT2D eigenvalue weighted by atomic mass is 10.1. The molecule has 24 heavy (non-hydrogen) atoms. The molecule has 1 aliphatic rings. The first-order valence-electron chi connectivity index (χ1n) is 8.11. The second kappa shape index (κ2) is 6.84. The molecule has 3 aromatic rings. The predicted molar refractivity (Wildman–Crippen MR) is 88.4 cm³/mol. The Morgan fingerprint density at radius 1 is 1.00 bits per heavy atom.